The first-order valence-corrected chi connectivity index (χ1v) is 17.6. The highest BCUT2D eigenvalue weighted by molar-refractivity contribution is 6.31. The van der Waals surface area contributed by atoms with E-state index in [4.69, 9.17) is 40.5 Å². The molecule has 6 rings (SSSR count). The summed E-state index contributed by atoms with van der Waals surface area (Å²) in [5.41, 5.74) is 5.93. The van der Waals surface area contributed by atoms with Crippen molar-refractivity contribution >= 4 is 52.6 Å². The summed E-state index contributed by atoms with van der Waals surface area (Å²) in [5, 5.41) is 5.89. The standard InChI is InChI=1S/C15H21ClFN5O.C12H22N2O.C4HCl2FN2.FH/c16-14-18-9-12(17)13(21-14)19-10-4-3-5-11(8-10)20-15(23)22-6-1-2-7-22;13-11-5-3-4-10(8-11)9-12(15)14-6-1-2-7-14;5-3-2(7)1-8-4(6)9-3;/h9-11H,1-8H2,(H,20,23)(H,18,19,21);10-11H,1-9,13H2;1H;1H/t2*10-,11+;;/m01../s1. The second kappa shape index (κ2) is 20.1. The maximum Gasteiger partial charge on any atom is 0.317 e. The second-order valence-electron chi connectivity index (χ2n) is 12.5. The Balaban J connectivity index is 0.000000214. The SMILES string of the molecule is F.Fc1cnc(Cl)nc1Cl.N[C@H]1CCC[C@@H](CC(=O)N2CCCC2)C1.O=C(N[C@@H]1CCC[C@H](Nc2nc(Cl)ncc2F)C1)N1CCCC1. The fraction of sp³-hybridized carbons (Fsp3) is 0.677. The number of nitrogens with one attached hydrogen (secondary N) is 2. The van der Waals surface area contributed by atoms with Crippen LogP contribution in [0, 0.1) is 17.6 Å². The number of carbonyl (C=O) groups is 2. The largest absolute Gasteiger partial charge is 0.365 e. The molecule has 17 heteroatoms. The van der Waals surface area contributed by atoms with E-state index in [2.05, 4.69) is 30.6 Å². The highest BCUT2D eigenvalue weighted by Gasteiger charge is 2.27. The normalized spacial score (nSPS) is 23.5. The summed E-state index contributed by atoms with van der Waals surface area (Å²) in [6.07, 6.45) is 15.5. The van der Waals surface area contributed by atoms with Crippen molar-refractivity contribution in [2.24, 2.45) is 11.7 Å². The van der Waals surface area contributed by atoms with Crippen LogP contribution < -0.4 is 16.4 Å². The molecule has 2 aliphatic heterocycles. The first-order valence-electron chi connectivity index (χ1n) is 16.4. The molecule has 48 heavy (non-hydrogen) atoms. The topological polar surface area (TPSA) is 142 Å². The summed E-state index contributed by atoms with van der Waals surface area (Å²) in [6.45, 7) is 3.64. The second-order valence-corrected chi connectivity index (χ2v) is 13.6. The average Bonchev–Trinajstić information content (AvgIpc) is 3.78. The molecule has 0 radical (unpaired) electrons. The van der Waals surface area contributed by atoms with Gasteiger partial charge in [-0.15, -0.1) is 0 Å². The summed E-state index contributed by atoms with van der Waals surface area (Å²) in [7, 11) is 0. The highest BCUT2D eigenvalue weighted by Crippen LogP contribution is 2.27. The number of nitrogens with zero attached hydrogens (tertiary/aromatic N) is 6. The molecule has 3 amide bonds. The maximum atomic E-state index is 13.7. The van der Waals surface area contributed by atoms with E-state index in [1.807, 2.05) is 9.80 Å². The number of rotatable bonds is 5. The summed E-state index contributed by atoms with van der Waals surface area (Å²) in [6, 6.07) is 0.530. The van der Waals surface area contributed by atoms with Crippen molar-refractivity contribution in [2.75, 3.05) is 31.5 Å². The van der Waals surface area contributed by atoms with Crippen LogP contribution in [-0.4, -0.2) is 86.0 Å². The summed E-state index contributed by atoms with van der Waals surface area (Å²) >= 11 is 16.2. The summed E-state index contributed by atoms with van der Waals surface area (Å²) < 4.78 is 25.9. The van der Waals surface area contributed by atoms with Gasteiger partial charge in [0.15, 0.2) is 22.6 Å². The number of nitrogens with two attached hydrogens (primary N) is 1. The van der Waals surface area contributed by atoms with Gasteiger partial charge >= 0.3 is 6.03 Å². The Kier molecular flexibility index (Phi) is 16.7. The Morgan fingerprint density at radius 3 is 2.00 bits per heavy atom. The third-order valence-electron chi connectivity index (χ3n) is 8.87. The van der Waals surface area contributed by atoms with E-state index in [-0.39, 0.29) is 44.4 Å². The quantitative estimate of drug-likeness (QED) is 0.237. The number of aromatic nitrogens is 4. The van der Waals surface area contributed by atoms with Gasteiger partial charge in [0.1, 0.15) is 0 Å². The molecule has 268 valence electrons. The van der Waals surface area contributed by atoms with Crippen molar-refractivity contribution in [1.29, 1.82) is 0 Å². The predicted molar refractivity (Wildman–Crippen MR) is 181 cm³/mol. The molecule has 4 heterocycles. The highest BCUT2D eigenvalue weighted by atomic mass is 35.5. The van der Waals surface area contributed by atoms with Crippen LogP contribution in [0.3, 0.4) is 0 Å². The Bertz CT molecular complexity index is 1320. The van der Waals surface area contributed by atoms with Gasteiger partial charge in [0.05, 0.1) is 12.4 Å². The molecule has 0 unspecified atom stereocenters. The summed E-state index contributed by atoms with van der Waals surface area (Å²) in [4.78, 5) is 42.1. The van der Waals surface area contributed by atoms with Crippen molar-refractivity contribution in [3.8, 4) is 0 Å². The van der Waals surface area contributed by atoms with E-state index >= 15 is 0 Å². The molecule has 2 aromatic heterocycles. The molecule has 2 saturated heterocycles. The Hall–Kier alpha value is -2.68. The molecule has 2 aliphatic carbocycles. The molecule has 0 bridgehead atoms. The van der Waals surface area contributed by atoms with Crippen molar-refractivity contribution in [3.05, 3.63) is 39.7 Å². The van der Waals surface area contributed by atoms with E-state index in [9.17, 15) is 18.4 Å². The van der Waals surface area contributed by atoms with Gasteiger partial charge in [0.2, 0.25) is 16.5 Å². The van der Waals surface area contributed by atoms with Crippen molar-refractivity contribution in [3.63, 3.8) is 0 Å². The molecule has 0 spiro atoms. The van der Waals surface area contributed by atoms with E-state index in [0.717, 1.165) is 96.4 Å². The number of amides is 3. The van der Waals surface area contributed by atoms with Crippen LogP contribution in [0.25, 0.3) is 0 Å². The molecule has 4 fully saturated rings. The van der Waals surface area contributed by atoms with Crippen molar-refractivity contribution < 1.29 is 23.1 Å². The zero-order chi connectivity index (χ0) is 33.8. The third-order valence-corrected chi connectivity index (χ3v) is 9.50. The van der Waals surface area contributed by atoms with Crippen molar-refractivity contribution in [2.45, 2.75) is 102 Å². The molecule has 4 N–H and O–H groups in total. The first kappa shape index (κ1) is 39.8. The minimum Gasteiger partial charge on any atom is -0.365 e. The van der Waals surface area contributed by atoms with Gasteiger partial charge in [0, 0.05) is 50.7 Å². The molecule has 2 aromatic rings. The number of hydrogen-bond donors (Lipinski definition) is 3. The maximum absolute atomic E-state index is 13.7. The minimum atomic E-state index is -0.666. The van der Waals surface area contributed by atoms with Crippen LogP contribution in [0.1, 0.15) is 83.5 Å². The van der Waals surface area contributed by atoms with Gasteiger partial charge in [-0.3, -0.25) is 9.50 Å². The van der Waals surface area contributed by atoms with E-state index in [1.54, 1.807) is 0 Å². The fourth-order valence-electron chi connectivity index (χ4n) is 6.47. The van der Waals surface area contributed by atoms with Gasteiger partial charge in [-0.2, -0.15) is 4.98 Å². The van der Waals surface area contributed by atoms with Crippen LogP contribution in [0.2, 0.25) is 15.7 Å². The Morgan fingerprint density at radius 2 is 1.38 bits per heavy atom. The van der Waals surface area contributed by atoms with Gasteiger partial charge in [-0.25, -0.2) is 28.5 Å². The zero-order valence-corrected chi connectivity index (χ0v) is 29.1. The van der Waals surface area contributed by atoms with Crippen LogP contribution in [-0.2, 0) is 4.79 Å². The van der Waals surface area contributed by atoms with Gasteiger partial charge < -0.3 is 26.2 Å². The molecule has 0 aromatic carbocycles. The van der Waals surface area contributed by atoms with Crippen molar-refractivity contribution in [1.82, 2.24) is 35.1 Å². The first-order chi connectivity index (χ1) is 22.6. The van der Waals surface area contributed by atoms with Crippen LogP contribution in [0.5, 0.6) is 0 Å². The predicted octanol–water partition coefficient (Wildman–Crippen LogP) is 6.39. The molecule has 11 nitrogen and oxygen atoms in total. The Morgan fingerprint density at radius 1 is 0.792 bits per heavy atom. The van der Waals surface area contributed by atoms with E-state index in [1.165, 1.54) is 25.7 Å². The minimum absolute atomic E-state index is 0. The third kappa shape index (κ3) is 13.0. The van der Waals surface area contributed by atoms with Gasteiger partial charge in [-0.05, 0) is 99.7 Å². The molecular formula is C31H45Cl3F3N9O2. The molecule has 4 aliphatic rings. The number of anilines is 1. The van der Waals surface area contributed by atoms with Crippen LogP contribution in [0.4, 0.5) is 24.1 Å². The fourth-order valence-corrected chi connectivity index (χ4v) is 6.90. The number of urea groups is 1. The molecule has 4 atom stereocenters. The summed E-state index contributed by atoms with van der Waals surface area (Å²) in [5.74, 6) is -0.131. The van der Waals surface area contributed by atoms with Gasteiger partial charge in [0.25, 0.3) is 0 Å². The monoisotopic (exact) mass is 737 g/mol. The molecular weight excluding hydrogens is 694 g/mol. The zero-order valence-electron chi connectivity index (χ0n) is 26.9. The lowest BCUT2D eigenvalue weighted by Gasteiger charge is -2.31. The Labute approximate surface area is 294 Å². The number of hydrogen-bond acceptors (Lipinski definition) is 8. The smallest absolute Gasteiger partial charge is 0.317 e. The number of halogens is 6. The lowest BCUT2D eigenvalue weighted by molar-refractivity contribution is -0.131. The lowest BCUT2D eigenvalue weighted by atomic mass is 9.84. The number of carbonyl (C=O) groups excluding carboxylic acids is 2. The van der Waals surface area contributed by atoms with E-state index < -0.39 is 11.6 Å². The lowest BCUT2D eigenvalue weighted by Crippen LogP contribution is -2.47. The van der Waals surface area contributed by atoms with Gasteiger partial charge in [-0.1, -0.05) is 18.0 Å². The molecule has 2 saturated carbocycles. The van der Waals surface area contributed by atoms with E-state index in [0.29, 0.717) is 17.9 Å². The van der Waals surface area contributed by atoms with Crippen LogP contribution in [0.15, 0.2) is 12.4 Å². The number of likely N-dealkylation sites (tertiary alicyclic amines) is 2. The average molecular weight is 739 g/mol. The van der Waals surface area contributed by atoms with Crippen LogP contribution >= 0.6 is 34.8 Å².